The summed E-state index contributed by atoms with van der Waals surface area (Å²) in [5.41, 5.74) is 1.42. The van der Waals surface area contributed by atoms with Crippen molar-refractivity contribution >= 4 is 11.6 Å². The molecule has 2 rings (SSSR count). The van der Waals surface area contributed by atoms with Gasteiger partial charge in [0.1, 0.15) is 11.3 Å². The standard InChI is InChI=1S/C11H14ClNO4/c1-15-10-9-6(5-8(12)13-10)4-7(14)11(9,16-2)17-3/h5,7,14H,4H2,1-3H3. The van der Waals surface area contributed by atoms with E-state index in [4.69, 9.17) is 25.8 Å². The molecule has 1 N–H and O–H groups in total. The molecule has 94 valence electrons. The summed E-state index contributed by atoms with van der Waals surface area (Å²) >= 11 is 5.88. The zero-order valence-corrected chi connectivity index (χ0v) is 10.6. The Morgan fingerprint density at radius 2 is 2.06 bits per heavy atom. The Morgan fingerprint density at radius 1 is 1.41 bits per heavy atom. The number of ether oxygens (including phenoxy) is 3. The van der Waals surface area contributed by atoms with E-state index in [2.05, 4.69) is 4.98 Å². The van der Waals surface area contributed by atoms with Crippen molar-refractivity contribution in [1.82, 2.24) is 4.98 Å². The van der Waals surface area contributed by atoms with Gasteiger partial charge < -0.3 is 19.3 Å². The van der Waals surface area contributed by atoms with Gasteiger partial charge in [-0.15, -0.1) is 0 Å². The molecule has 1 atom stereocenters. The summed E-state index contributed by atoms with van der Waals surface area (Å²) in [7, 11) is 4.42. The van der Waals surface area contributed by atoms with Crippen LogP contribution in [0.3, 0.4) is 0 Å². The number of pyridine rings is 1. The van der Waals surface area contributed by atoms with Gasteiger partial charge in [-0.05, 0) is 11.6 Å². The largest absolute Gasteiger partial charge is 0.481 e. The number of hydrogen-bond acceptors (Lipinski definition) is 5. The van der Waals surface area contributed by atoms with Crippen LogP contribution < -0.4 is 4.74 Å². The van der Waals surface area contributed by atoms with Gasteiger partial charge in [0.15, 0.2) is 0 Å². The summed E-state index contributed by atoms with van der Waals surface area (Å²) < 4.78 is 15.8. The normalized spacial score (nSPS) is 21.4. The highest BCUT2D eigenvalue weighted by Gasteiger charge is 2.50. The van der Waals surface area contributed by atoms with E-state index in [1.165, 1.54) is 21.3 Å². The Kier molecular flexibility index (Phi) is 3.27. The van der Waals surface area contributed by atoms with E-state index in [0.717, 1.165) is 5.56 Å². The molecule has 1 unspecified atom stereocenters. The highest BCUT2D eigenvalue weighted by atomic mass is 35.5. The molecular formula is C11H14ClNO4. The smallest absolute Gasteiger partial charge is 0.227 e. The second kappa shape index (κ2) is 4.42. The van der Waals surface area contributed by atoms with Crippen LogP contribution in [0.15, 0.2) is 6.07 Å². The van der Waals surface area contributed by atoms with E-state index in [9.17, 15) is 5.11 Å². The first-order valence-corrected chi connectivity index (χ1v) is 5.49. The van der Waals surface area contributed by atoms with Gasteiger partial charge in [0.2, 0.25) is 11.7 Å². The molecule has 0 radical (unpaired) electrons. The lowest BCUT2D eigenvalue weighted by Crippen LogP contribution is -2.40. The summed E-state index contributed by atoms with van der Waals surface area (Å²) in [6.45, 7) is 0. The van der Waals surface area contributed by atoms with E-state index >= 15 is 0 Å². The summed E-state index contributed by atoms with van der Waals surface area (Å²) in [6.07, 6.45) is -0.433. The van der Waals surface area contributed by atoms with Gasteiger partial charge >= 0.3 is 0 Å². The molecule has 0 saturated carbocycles. The van der Waals surface area contributed by atoms with Crippen LogP contribution in [0, 0.1) is 0 Å². The third kappa shape index (κ3) is 1.70. The molecule has 1 heterocycles. The minimum absolute atomic E-state index is 0.313. The molecule has 0 aromatic carbocycles. The van der Waals surface area contributed by atoms with Crippen molar-refractivity contribution in [3.05, 3.63) is 22.3 Å². The number of aliphatic hydroxyl groups is 1. The van der Waals surface area contributed by atoms with Gasteiger partial charge in [0, 0.05) is 20.6 Å². The van der Waals surface area contributed by atoms with Gasteiger partial charge in [-0.2, -0.15) is 0 Å². The van der Waals surface area contributed by atoms with Crippen molar-refractivity contribution in [2.45, 2.75) is 18.3 Å². The Hall–Kier alpha value is -0.880. The number of halogens is 1. The van der Waals surface area contributed by atoms with Crippen molar-refractivity contribution in [2.75, 3.05) is 21.3 Å². The van der Waals surface area contributed by atoms with E-state index < -0.39 is 11.9 Å². The fraction of sp³-hybridized carbons (Fsp3) is 0.545. The molecule has 17 heavy (non-hydrogen) atoms. The van der Waals surface area contributed by atoms with E-state index in [0.29, 0.717) is 23.0 Å². The molecule has 1 aromatic heterocycles. The lowest BCUT2D eigenvalue weighted by Gasteiger charge is -2.30. The number of methoxy groups -OCH3 is 3. The molecular weight excluding hydrogens is 246 g/mol. The van der Waals surface area contributed by atoms with Crippen LogP contribution in [-0.4, -0.2) is 37.5 Å². The average molecular weight is 260 g/mol. The maximum Gasteiger partial charge on any atom is 0.227 e. The maximum absolute atomic E-state index is 10.1. The number of aliphatic hydroxyl groups excluding tert-OH is 1. The molecule has 0 bridgehead atoms. The average Bonchev–Trinajstić information content (AvgIpc) is 2.60. The van der Waals surface area contributed by atoms with Crippen LogP contribution in [0.25, 0.3) is 0 Å². The van der Waals surface area contributed by atoms with Crippen molar-refractivity contribution in [3.8, 4) is 5.88 Å². The molecule has 6 heteroatoms. The lowest BCUT2D eigenvalue weighted by molar-refractivity contribution is -0.261. The molecule has 0 saturated heterocycles. The van der Waals surface area contributed by atoms with E-state index in [1.54, 1.807) is 6.07 Å². The van der Waals surface area contributed by atoms with Gasteiger partial charge in [-0.25, -0.2) is 4.98 Å². The van der Waals surface area contributed by atoms with Crippen LogP contribution in [0.5, 0.6) is 5.88 Å². The second-order valence-corrected chi connectivity index (χ2v) is 4.17. The Labute approximate surface area is 104 Å². The fourth-order valence-electron chi connectivity index (χ4n) is 2.29. The zero-order chi connectivity index (χ0) is 12.6. The Morgan fingerprint density at radius 3 is 2.59 bits per heavy atom. The molecule has 0 amide bonds. The summed E-state index contributed by atoms with van der Waals surface area (Å²) in [4.78, 5) is 4.06. The van der Waals surface area contributed by atoms with E-state index in [-0.39, 0.29) is 0 Å². The molecule has 0 spiro atoms. The maximum atomic E-state index is 10.1. The van der Waals surface area contributed by atoms with Crippen LogP contribution in [0.1, 0.15) is 11.1 Å². The van der Waals surface area contributed by atoms with Gasteiger partial charge in [-0.3, -0.25) is 0 Å². The second-order valence-electron chi connectivity index (χ2n) is 3.78. The topological polar surface area (TPSA) is 60.8 Å². The van der Waals surface area contributed by atoms with Crippen molar-refractivity contribution < 1.29 is 19.3 Å². The molecule has 0 aliphatic heterocycles. The first kappa shape index (κ1) is 12.6. The number of rotatable bonds is 3. The van der Waals surface area contributed by atoms with Crippen molar-refractivity contribution in [2.24, 2.45) is 0 Å². The third-order valence-electron chi connectivity index (χ3n) is 3.04. The Bertz CT molecular complexity index is 434. The molecule has 1 aliphatic rings. The number of fused-ring (bicyclic) bond motifs is 1. The monoisotopic (exact) mass is 259 g/mol. The van der Waals surface area contributed by atoms with Crippen LogP contribution >= 0.6 is 11.6 Å². The molecule has 5 nitrogen and oxygen atoms in total. The van der Waals surface area contributed by atoms with Gasteiger partial charge in [-0.1, -0.05) is 11.6 Å². The van der Waals surface area contributed by atoms with E-state index in [1.807, 2.05) is 0 Å². The lowest BCUT2D eigenvalue weighted by atomic mass is 10.1. The minimum Gasteiger partial charge on any atom is -0.481 e. The molecule has 1 aliphatic carbocycles. The van der Waals surface area contributed by atoms with Crippen molar-refractivity contribution in [3.63, 3.8) is 0 Å². The van der Waals surface area contributed by atoms with Gasteiger partial charge in [0.05, 0.1) is 12.7 Å². The Balaban J connectivity index is 2.66. The fourth-order valence-corrected chi connectivity index (χ4v) is 2.50. The highest BCUT2D eigenvalue weighted by molar-refractivity contribution is 6.29. The summed E-state index contributed by atoms with van der Waals surface area (Å²) in [5.74, 6) is -0.925. The summed E-state index contributed by atoms with van der Waals surface area (Å²) in [5, 5.41) is 10.4. The zero-order valence-electron chi connectivity index (χ0n) is 9.86. The first-order chi connectivity index (χ1) is 8.08. The van der Waals surface area contributed by atoms with Crippen LogP contribution in [-0.2, 0) is 21.7 Å². The predicted octanol–water partition coefficient (Wildman–Crippen LogP) is 1.11. The number of nitrogens with zero attached hydrogens (tertiary/aromatic N) is 1. The van der Waals surface area contributed by atoms with Crippen LogP contribution in [0.2, 0.25) is 5.15 Å². The molecule has 0 fully saturated rings. The molecule has 1 aromatic rings. The SMILES string of the molecule is COc1nc(Cl)cc2c1C(OC)(OC)C(O)C2. The number of aromatic nitrogens is 1. The quantitative estimate of drug-likeness (QED) is 0.651. The van der Waals surface area contributed by atoms with Crippen LogP contribution in [0.4, 0.5) is 0 Å². The van der Waals surface area contributed by atoms with Gasteiger partial charge in [0.25, 0.3) is 0 Å². The highest BCUT2D eigenvalue weighted by Crippen LogP contribution is 2.45. The minimum atomic E-state index is -1.24. The van der Waals surface area contributed by atoms with Crippen molar-refractivity contribution in [1.29, 1.82) is 0 Å². The number of hydrogen-bond donors (Lipinski definition) is 1. The third-order valence-corrected chi connectivity index (χ3v) is 3.23. The summed E-state index contributed by atoms with van der Waals surface area (Å²) in [6, 6.07) is 1.68. The predicted molar refractivity (Wildman–Crippen MR) is 61.2 cm³/mol. The first-order valence-electron chi connectivity index (χ1n) is 5.11.